The zero-order valence-electron chi connectivity index (χ0n) is 13.1. The average Bonchev–Trinajstić information content (AvgIpc) is 2.56. The molecule has 1 N–H and O–H groups in total. The van der Waals surface area contributed by atoms with Gasteiger partial charge in [0.2, 0.25) is 0 Å². The first kappa shape index (κ1) is 23.5. The van der Waals surface area contributed by atoms with Gasteiger partial charge in [-0.3, -0.25) is 0 Å². The molecule has 0 aliphatic rings. The van der Waals surface area contributed by atoms with Gasteiger partial charge in [0.1, 0.15) is 17.7 Å². The lowest BCUT2D eigenvalue weighted by Gasteiger charge is -2.31. The number of nitriles is 1. The number of halogens is 11. The van der Waals surface area contributed by atoms with Crippen LogP contribution in [0.2, 0.25) is 0 Å². The quantitative estimate of drug-likeness (QED) is 0.436. The van der Waals surface area contributed by atoms with E-state index < -0.39 is 70.4 Å². The third-order valence-electron chi connectivity index (χ3n) is 3.35. The summed E-state index contributed by atoms with van der Waals surface area (Å²) >= 11 is 0. The molecule has 1 aromatic carbocycles. The van der Waals surface area contributed by atoms with Crippen molar-refractivity contribution >= 4 is 0 Å². The lowest BCUT2D eigenvalue weighted by Crippen LogP contribution is -2.55. The zero-order chi connectivity index (χ0) is 22.2. The average molecular weight is 429 g/mol. The Morgan fingerprint density at radius 2 is 1.32 bits per heavy atom. The predicted molar refractivity (Wildman–Crippen MR) is 67.0 cm³/mol. The smallest absolute Gasteiger partial charge is 0.439 e. The van der Waals surface area contributed by atoms with Gasteiger partial charge in [-0.2, -0.15) is 31.6 Å². The summed E-state index contributed by atoms with van der Waals surface area (Å²) in [5.74, 6) is -12.5. The Kier molecular flexibility index (Phi) is 6.25. The fourth-order valence-corrected chi connectivity index (χ4v) is 2.00. The predicted octanol–water partition coefficient (Wildman–Crippen LogP) is 4.51. The van der Waals surface area contributed by atoms with E-state index in [0.717, 1.165) is 6.07 Å². The number of methoxy groups -OCH3 is 1. The van der Waals surface area contributed by atoms with Gasteiger partial charge in [-0.1, -0.05) is 0 Å². The molecule has 0 aromatic heterocycles. The molecule has 156 valence electrons. The fourth-order valence-electron chi connectivity index (χ4n) is 2.00. The van der Waals surface area contributed by atoms with Gasteiger partial charge in [0.25, 0.3) is 0 Å². The highest BCUT2D eigenvalue weighted by Gasteiger charge is 2.76. The number of ether oxygens (including phenoxy) is 1. The summed E-state index contributed by atoms with van der Waals surface area (Å²) in [6, 6.07) is 0.718. The normalized spacial score (nSPS) is 14.6. The maximum absolute atomic E-state index is 13.9. The second-order valence-corrected chi connectivity index (χ2v) is 4.99. The molecule has 28 heavy (non-hydrogen) atoms. The highest BCUT2D eigenvalue weighted by atomic mass is 19.4. The summed E-state index contributed by atoms with van der Waals surface area (Å²) in [6.45, 7) is 0. The molecule has 0 aliphatic carbocycles. The van der Waals surface area contributed by atoms with Crippen LogP contribution in [-0.2, 0) is 4.74 Å². The Morgan fingerprint density at radius 3 is 1.61 bits per heavy atom. The molecule has 0 radical (unpaired) electrons. The van der Waals surface area contributed by atoms with Crippen molar-refractivity contribution in [1.29, 1.82) is 5.26 Å². The number of benzene rings is 1. The molecular formula is C14H6F11NO2. The lowest BCUT2D eigenvalue weighted by molar-refractivity contribution is -0.335. The SMILES string of the molecule is CO/C(=C\C(O)c1c(F)c(F)c(C#N)c(F)c1F)C(F)(C(F)(F)F)C(F)(F)F. The first-order chi connectivity index (χ1) is 12.6. The van der Waals surface area contributed by atoms with E-state index in [9.17, 15) is 53.4 Å². The summed E-state index contributed by atoms with van der Waals surface area (Å²) < 4.78 is 148. The van der Waals surface area contributed by atoms with Crippen molar-refractivity contribution in [3.63, 3.8) is 0 Å². The van der Waals surface area contributed by atoms with E-state index >= 15 is 0 Å². The number of allylic oxidation sites excluding steroid dienone is 1. The van der Waals surface area contributed by atoms with Crippen LogP contribution in [0.4, 0.5) is 48.3 Å². The van der Waals surface area contributed by atoms with Crippen molar-refractivity contribution in [2.75, 3.05) is 7.11 Å². The number of rotatable bonds is 4. The first-order valence-electron chi connectivity index (χ1n) is 6.58. The summed E-state index contributed by atoms with van der Waals surface area (Å²) in [7, 11) is 0.108. The molecule has 0 fully saturated rings. The van der Waals surface area contributed by atoms with Crippen LogP contribution >= 0.6 is 0 Å². The van der Waals surface area contributed by atoms with Gasteiger partial charge in [-0.25, -0.2) is 22.0 Å². The van der Waals surface area contributed by atoms with Gasteiger partial charge >= 0.3 is 18.0 Å². The Morgan fingerprint density at radius 1 is 0.929 bits per heavy atom. The van der Waals surface area contributed by atoms with Gasteiger partial charge in [-0.05, 0) is 6.08 Å². The fraction of sp³-hybridized carbons (Fsp3) is 0.357. The minimum atomic E-state index is -6.70. The molecule has 0 amide bonds. The standard InChI is InChI=1S/C14H6F11NO2/c1-28-6(12(19,13(20,21)22)14(23,24)25)2-5(27)7-10(17)8(15)4(3-26)9(16)11(7)18/h2,5,27H,1H3/b6-2-. The number of aliphatic hydroxyl groups excluding tert-OH is 1. The van der Waals surface area contributed by atoms with Gasteiger partial charge in [0.15, 0.2) is 29.0 Å². The molecule has 1 unspecified atom stereocenters. The van der Waals surface area contributed by atoms with Crippen LogP contribution in [0, 0.1) is 34.6 Å². The van der Waals surface area contributed by atoms with E-state index in [1.54, 1.807) is 0 Å². The van der Waals surface area contributed by atoms with Gasteiger partial charge in [-0.15, -0.1) is 0 Å². The number of hydrogen-bond donors (Lipinski definition) is 1. The van der Waals surface area contributed by atoms with Gasteiger partial charge in [0, 0.05) is 0 Å². The van der Waals surface area contributed by atoms with Crippen LogP contribution in [0.3, 0.4) is 0 Å². The monoisotopic (exact) mass is 429 g/mol. The van der Waals surface area contributed by atoms with E-state index in [4.69, 9.17) is 5.26 Å². The number of hydrogen-bond acceptors (Lipinski definition) is 3. The molecule has 0 heterocycles. The summed E-state index contributed by atoms with van der Waals surface area (Å²) in [4.78, 5) is 0. The highest BCUT2D eigenvalue weighted by Crippen LogP contribution is 2.51. The molecule has 14 heteroatoms. The van der Waals surface area contributed by atoms with Crippen LogP contribution in [0.5, 0.6) is 0 Å². The molecule has 1 atom stereocenters. The molecule has 0 saturated heterocycles. The largest absolute Gasteiger partial charge is 0.497 e. The topological polar surface area (TPSA) is 53.2 Å². The second-order valence-electron chi connectivity index (χ2n) is 4.99. The van der Waals surface area contributed by atoms with Crippen LogP contribution in [0.1, 0.15) is 17.2 Å². The second kappa shape index (κ2) is 7.46. The molecule has 0 saturated carbocycles. The molecule has 0 spiro atoms. The Bertz CT molecular complexity index is 793. The first-order valence-corrected chi connectivity index (χ1v) is 6.58. The van der Waals surface area contributed by atoms with E-state index in [2.05, 4.69) is 4.74 Å². The molecule has 1 rings (SSSR count). The third-order valence-corrected chi connectivity index (χ3v) is 3.35. The maximum Gasteiger partial charge on any atom is 0.439 e. The minimum Gasteiger partial charge on any atom is -0.497 e. The van der Waals surface area contributed by atoms with Crippen LogP contribution in [-0.4, -0.2) is 30.2 Å². The van der Waals surface area contributed by atoms with Crippen molar-refractivity contribution < 1.29 is 58.1 Å². The van der Waals surface area contributed by atoms with Crippen LogP contribution < -0.4 is 0 Å². The lowest BCUT2D eigenvalue weighted by atomic mass is 9.97. The highest BCUT2D eigenvalue weighted by molar-refractivity contribution is 5.40. The number of alkyl halides is 7. The zero-order valence-corrected chi connectivity index (χ0v) is 13.1. The molecule has 0 bridgehead atoms. The Hall–Kier alpha value is -2.56. The van der Waals surface area contributed by atoms with Crippen molar-refractivity contribution in [1.82, 2.24) is 0 Å². The van der Waals surface area contributed by atoms with E-state index in [-0.39, 0.29) is 7.11 Å². The number of aliphatic hydroxyl groups is 1. The van der Waals surface area contributed by atoms with Crippen LogP contribution in [0.25, 0.3) is 0 Å². The summed E-state index contributed by atoms with van der Waals surface area (Å²) in [5.41, 5.74) is -10.2. The maximum atomic E-state index is 13.9. The summed E-state index contributed by atoms with van der Waals surface area (Å²) in [6.07, 6.45) is -17.4. The van der Waals surface area contributed by atoms with E-state index in [1.807, 2.05) is 0 Å². The van der Waals surface area contributed by atoms with Crippen molar-refractivity contribution in [3.05, 3.63) is 46.2 Å². The van der Waals surface area contributed by atoms with E-state index in [0.29, 0.717) is 0 Å². The van der Waals surface area contributed by atoms with Gasteiger partial charge in [0.05, 0.1) is 12.7 Å². The molecule has 3 nitrogen and oxygen atoms in total. The van der Waals surface area contributed by atoms with Crippen LogP contribution in [0.15, 0.2) is 11.8 Å². The van der Waals surface area contributed by atoms with Gasteiger partial charge < -0.3 is 9.84 Å². The Balaban J connectivity index is 3.74. The number of nitrogens with zero attached hydrogens (tertiary/aromatic N) is 1. The van der Waals surface area contributed by atoms with Crippen molar-refractivity contribution in [2.45, 2.75) is 24.1 Å². The summed E-state index contributed by atoms with van der Waals surface area (Å²) in [5, 5.41) is 17.9. The van der Waals surface area contributed by atoms with E-state index in [1.165, 1.54) is 0 Å². The molecular weight excluding hydrogens is 423 g/mol. The van der Waals surface area contributed by atoms with Crippen molar-refractivity contribution in [3.8, 4) is 6.07 Å². The molecule has 1 aromatic rings. The molecule has 0 aliphatic heterocycles. The third kappa shape index (κ3) is 3.58. The Labute approximate surface area is 148 Å². The minimum absolute atomic E-state index is 0.108. The van der Waals surface area contributed by atoms with Crippen molar-refractivity contribution in [2.24, 2.45) is 0 Å².